The Morgan fingerprint density at radius 1 is 1.29 bits per heavy atom. The van der Waals surface area contributed by atoms with Crippen LogP contribution in [0.15, 0.2) is 24.3 Å². The molecular formula is C12H15NO4. The Morgan fingerprint density at radius 2 is 1.94 bits per heavy atom. The number of methoxy groups -OCH3 is 1. The number of rotatable bonds is 6. The van der Waals surface area contributed by atoms with E-state index >= 15 is 0 Å². The maximum Gasteiger partial charge on any atom is 0.335 e. The maximum absolute atomic E-state index is 10.8. The minimum Gasteiger partial charge on any atom is -0.478 e. The molecule has 0 radical (unpaired) electrons. The highest BCUT2D eigenvalue weighted by Crippen LogP contribution is 2.04. The van der Waals surface area contributed by atoms with E-state index in [9.17, 15) is 9.59 Å². The fraction of sp³-hybridized carbons (Fsp3) is 0.333. The lowest BCUT2D eigenvalue weighted by molar-refractivity contribution is -0.140. The lowest BCUT2D eigenvalue weighted by atomic mass is 10.1. The van der Waals surface area contributed by atoms with Crippen LogP contribution in [0.3, 0.4) is 0 Å². The van der Waals surface area contributed by atoms with Gasteiger partial charge in [-0.2, -0.15) is 0 Å². The predicted octanol–water partition coefficient (Wildman–Crippen LogP) is 1.04. The summed E-state index contributed by atoms with van der Waals surface area (Å²) in [6.07, 6.45) is 0.323. The summed E-state index contributed by atoms with van der Waals surface area (Å²) < 4.78 is 4.50. The molecule has 2 N–H and O–H groups in total. The second kappa shape index (κ2) is 6.65. The molecule has 0 fully saturated rings. The van der Waals surface area contributed by atoms with Gasteiger partial charge in [-0.3, -0.25) is 4.79 Å². The fourth-order valence-electron chi connectivity index (χ4n) is 1.29. The second-order valence-corrected chi connectivity index (χ2v) is 3.50. The van der Waals surface area contributed by atoms with Crippen LogP contribution in [0.2, 0.25) is 0 Å². The monoisotopic (exact) mass is 237 g/mol. The molecule has 1 aromatic carbocycles. The van der Waals surface area contributed by atoms with Crippen LogP contribution in [0.1, 0.15) is 22.3 Å². The second-order valence-electron chi connectivity index (χ2n) is 3.50. The van der Waals surface area contributed by atoms with Crippen LogP contribution in [0.4, 0.5) is 0 Å². The molecule has 1 aromatic rings. The van der Waals surface area contributed by atoms with Gasteiger partial charge in [0, 0.05) is 13.1 Å². The Morgan fingerprint density at radius 3 is 2.47 bits per heavy atom. The molecule has 5 nitrogen and oxygen atoms in total. The van der Waals surface area contributed by atoms with E-state index in [1.54, 1.807) is 24.3 Å². The minimum absolute atomic E-state index is 0.251. The molecular weight excluding hydrogens is 222 g/mol. The normalized spacial score (nSPS) is 9.94. The van der Waals surface area contributed by atoms with E-state index in [1.807, 2.05) is 0 Å². The molecule has 0 spiro atoms. The lowest BCUT2D eigenvalue weighted by Crippen LogP contribution is -2.18. The fourth-order valence-corrected chi connectivity index (χ4v) is 1.29. The third kappa shape index (κ3) is 4.65. The van der Waals surface area contributed by atoms with Crippen molar-refractivity contribution in [3.8, 4) is 0 Å². The number of esters is 1. The summed E-state index contributed by atoms with van der Waals surface area (Å²) in [6.45, 7) is 1.13. The van der Waals surface area contributed by atoms with Crippen molar-refractivity contribution in [3.63, 3.8) is 0 Å². The molecule has 0 heterocycles. The first-order valence-electron chi connectivity index (χ1n) is 5.23. The largest absolute Gasteiger partial charge is 0.478 e. The van der Waals surface area contributed by atoms with Gasteiger partial charge in [0.25, 0.3) is 0 Å². The highest BCUT2D eigenvalue weighted by atomic mass is 16.5. The zero-order valence-corrected chi connectivity index (χ0v) is 9.60. The van der Waals surface area contributed by atoms with Crippen molar-refractivity contribution in [1.82, 2.24) is 5.32 Å². The Kier molecular flexibility index (Phi) is 5.16. The number of nitrogens with one attached hydrogen (secondary N) is 1. The van der Waals surface area contributed by atoms with Crippen molar-refractivity contribution in [2.45, 2.75) is 13.0 Å². The van der Waals surface area contributed by atoms with Crippen molar-refractivity contribution < 1.29 is 19.4 Å². The van der Waals surface area contributed by atoms with Crippen LogP contribution in [-0.4, -0.2) is 30.7 Å². The van der Waals surface area contributed by atoms with Gasteiger partial charge in [-0.25, -0.2) is 4.79 Å². The van der Waals surface area contributed by atoms with Crippen molar-refractivity contribution in [1.29, 1.82) is 0 Å². The van der Waals surface area contributed by atoms with Gasteiger partial charge in [0.1, 0.15) is 0 Å². The number of hydrogen-bond donors (Lipinski definition) is 2. The molecule has 0 saturated carbocycles. The molecule has 0 aromatic heterocycles. The molecule has 92 valence electrons. The molecule has 0 saturated heterocycles. The van der Waals surface area contributed by atoms with Crippen LogP contribution in [0, 0.1) is 0 Å². The number of ether oxygens (including phenoxy) is 1. The zero-order valence-electron chi connectivity index (χ0n) is 9.60. The van der Waals surface area contributed by atoms with Gasteiger partial charge in [0.15, 0.2) is 0 Å². The number of carboxylic acids is 1. The van der Waals surface area contributed by atoms with Crippen molar-refractivity contribution >= 4 is 11.9 Å². The number of carbonyl (C=O) groups is 2. The van der Waals surface area contributed by atoms with E-state index < -0.39 is 5.97 Å². The first-order chi connectivity index (χ1) is 8.13. The number of benzene rings is 1. The first-order valence-corrected chi connectivity index (χ1v) is 5.23. The highest BCUT2D eigenvalue weighted by molar-refractivity contribution is 5.87. The van der Waals surface area contributed by atoms with Crippen LogP contribution < -0.4 is 5.32 Å². The Bertz CT molecular complexity index is 386. The molecule has 0 aliphatic carbocycles. The van der Waals surface area contributed by atoms with E-state index in [0.717, 1.165) is 5.56 Å². The van der Waals surface area contributed by atoms with Gasteiger partial charge in [0.05, 0.1) is 19.1 Å². The average Bonchev–Trinajstić information content (AvgIpc) is 2.34. The summed E-state index contributed by atoms with van der Waals surface area (Å²) in [5.41, 5.74) is 1.24. The lowest BCUT2D eigenvalue weighted by Gasteiger charge is -2.04. The summed E-state index contributed by atoms with van der Waals surface area (Å²) in [5.74, 6) is -1.19. The van der Waals surface area contributed by atoms with Gasteiger partial charge in [-0.15, -0.1) is 0 Å². The van der Waals surface area contributed by atoms with Crippen molar-refractivity contribution in [3.05, 3.63) is 35.4 Å². The van der Waals surface area contributed by atoms with E-state index in [0.29, 0.717) is 19.5 Å². The number of hydrogen-bond acceptors (Lipinski definition) is 4. The number of carboxylic acid groups (broad SMARTS) is 1. The van der Waals surface area contributed by atoms with Crippen LogP contribution in [0.25, 0.3) is 0 Å². The number of aromatic carboxylic acids is 1. The zero-order chi connectivity index (χ0) is 12.7. The van der Waals surface area contributed by atoms with E-state index in [4.69, 9.17) is 5.11 Å². The summed E-state index contributed by atoms with van der Waals surface area (Å²) in [4.78, 5) is 21.4. The van der Waals surface area contributed by atoms with Gasteiger partial charge >= 0.3 is 11.9 Å². The Labute approximate surface area is 99.4 Å². The molecule has 17 heavy (non-hydrogen) atoms. The standard InChI is InChI=1S/C12H15NO4/c1-17-11(14)6-7-13-8-9-2-4-10(5-3-9)12(15)16/h2-5,13H,6-8H2,1H3,(H,15,16). The van der Waals surface area contributed by atoms with Crippen LogP contribution in [-0.2, 0) is 16.1 Å². The quantitative estimate of drug-likeness (QED) is 0.571. The van der Waals surface area contributed by atoms with Crippen LogP contribution >= 0.6 is 0 Å². The maximum atomic E-state index is 10.8. The van der Waals surface area contributed by atoms with Gasteiger partial charge in [-0.1, -0.05) is 12.1 Å². The third-order valence-corrected chi connectivity index (χ3v) is 2.26. The van der Waals surface area contributed by atoms with Gasteiger partial charge < -0.3 is 15.2 Å². The van der Waals surface area contributed by atoms with Crippen molar-refractivity contribution in [2.75, 3.05) is 13.7 Å². The molecule has 0 aliphatic rings. The van der Waals surface area contributed by atoms with E-state index in [1.165, 1.54) is 7.11 Å². The summed E-state index contributed by atoms with van der Waals surface area (Å²) in [5, 5.41) is 11.8. The molecule has 0 atom stereocenters. The average molecular weight is 237 g/mol. The highest BCUT2D eigenvalue weighted by Gasteiger charge is 2.02. The summed E-state index contributed by atoms with van der Waals surface area (Å²) in [6, 6.07) is 6.60. The van der Waals surface area contributed by atoms with Crippen LogP contribution in [0.5, 0.6) is 0 Å². The van der Waals surface area contributed by atoms with Gasteiger partial charge in [-0.05, 0) is 17.7 Å². The SMILES string of the molecule is COC(=O)CCNCc1ccc(C(=O)O)cc1. The first kappa shape index (κ1) is 13.2. The molecule has 0 amide bonds. The van der Waals surface area contributed by atoms with Crippen molar-refractivity contribution in [2.24, 2.45) is 0 Å². The summed E-state index contributed by atoms with van der Waals surface area (Å²) >= 11 is 0. The Balaban J connectivity index is 2.32. The third-order valence-electron chi connectivity index (χ3n) is 2.26. The minimum atomic E-state index is -0.935. The van der Waals surface area contributed by atoms with E-state index in [2.05, 4.69) is 10.1 Å². The topological polar surface area (TPSA) is 75.6 Å². The summed E-state index contributed by atoms with van der Waals surface area (Å²) in [7, 11) is 1.35. The smallest absolute Gasteiger partial charge is 0.335 e. The number of carbonyl (C=O) groups excluding carboxylic acids is 1. The molecule has 0 unspecified atom stereocenters. The van der Waals surface area contributed by atoms with Gasteiger partial charge in [0.2, 0.25) is 0 Å². The molecule has 0 bridgehead atoms. The Hall–Kier alpha value is -1.88. The van der Waals surface area contributed by atoms with E-state index in [-0.39, 0.29) is 11.5 Å². The molecule has 5 heteroatoms. The molecule has 1 rings (SSSR count). The molecule has 0 aliphatic heterocycles. The predicted molar refractivity (Wildman–Crippen MR) is 61.7 cm³/mol.